The minimum atomic E-state index is -0.245. The van der Waals surface area contributed by atoms with E-state index < -0.39 is 0 Å². The fourth-order valence-corrected chi connectivity index (χ4v) is 2.30. The van der Waals surface area contributed by atoms with Gasteiger partial charge in [-0.1, -0.05) is 11.3 Å². The van der Waals surface area contributed by atoms with Gasteiger partial charge in [-0.3, -0.25) is 0 Å². The molecule has 0 bridgehead atoms. The van der Waals surface area contributed by atoms with Crippen molar-refractivity contribution in [1.82, 2.24) is 10.2 Å². The minimum absolute atomic E-state index is 0.245. The SMILES string of the molecule is Cc1cc(F)cc(-c2nnc(CCN)s2)c1. The van der Waals surface area contributed by atoms with Crippen LogP contribution < -0.4 is 5.73 Å². The molecule has 3 nitrogen and oxygen atoms in total. The van der Waals surface area contributed by atoms with E-state index in [2.05, 4.69) is 10.2 Å². The van der Waals surface area contributed by atoms with E-state index in [1.165, 1.54) is 23.5 Å². The van der Waals surface area contributed by atoms with E-state index >= 15 is 0 Å². The summed E-state index contributed by atoms with van der Waals surface area (Å²) in [6.45, 7) is 2.41. The van der Waals surface area contributed by atoms with Gasteiger partial charge in [0.15, 0.2) is 0 Å². The van der Waals surface area contributed by atoms with Gasteiger partial charge < -0.3 is 5.73 Å². The van der Waals surface area contributed by atoms with Gasteiger partial charge in [-0.25, -0.2) is 4.39 Å². The molecular formula is C11H12FN3S. The van der Waals surface area contributed by atoms with E-state index in [1.54, 1.807) is 0 Å². The van der Waals surface area contributed by atoms with Crippen molar-refractivity contribution in [2.45, 2.75) is 13.3 Å². The molecule has 2 rings (SSSR count). The molecule has 0 aliphatic carbocycles. The van der Waals surface area contributed by atoms with Gasteiger partial charge in [0.25, 0.3) is 0 Å². The largest absolute Gasteiger partial charge is 0.330 e. The molecule has 1 heterocycles. The molecule has 5 heteroatoms. The van der Waals surface area contributed by atoms with Crippen molar-refractivity contribution in [1.29, 1.82) is 0 Å². The van der Waals surface area contributed by atoms with Gasteiger partial charge in [0.2, 0.25) is 0 Å². The lowest BCUT2D eigenvalue weighted by Crippen LogP contribution is -2.01. The second-order valence-electron chi connectivity index (χ2n) is 3.56. The van der Waals surface area contributed by atoms with Crippen molar-refractivity contribution in [2.24, 2.45) is 5.73 Å². The van der Waals surface area contributed by atoms with Crippen molar-refractivity contribution < 1.29 is 4.39 Å². The standard InChI is InChI=1S/C11H12FN3S/c1-7-4-8(6-9(12)5-7)11-15-14-10(16-11)2-3-13/h4-6H,2-3,13H2,1H3. The number of rotatable bonds is 3. The van der Waals surface area contributed by atoms with Crippen LogP contribution in [0.5, 0.6) is 0 Å². The maximum atomic E-state index is 13.2. The summed E-state index contributed by atoms with van der Waals surface area (Å²) in [6.07, 6.45) is 0.714. The zero-order valence-electron chi connectivity index (χ0n) is 8.90. The highest BCUT2D eigenvalue weighted by atomic mass is 32.1. The zero-order chi connectivity index (χ0) is 11.5. The number of aromatic nitrogens is 2. The Morgan fingerprint density at radius 3 is 2.81 bits per heavy atom. The predicted molar refractivity (Wildman–Crippen MR) is 62.8 cm³/mol. The number of nitrogens with zero attached hydrogens (tertiary/aromatic N) is 2. The molecule has 16 heavy (non-hydrogen) atoms. The van der Waals surface area contributed by atoms with Crippen LogP contribution in [-0.2, 0) is 6.42 Å². The monoisotopic (exact) mass is 237 g/mol. The second-order valence-corrected chi connectivity index (χ2v) is 4.62. The van der Waals surface area contributed by atoms with E-state index in [0.29, 0.717) is 13.0 Å². The highest BCUT2D eigenvalue weighted by molar-refractivity contribution is 7.14. The summed E-state index contributed by atoms with van der Waals surface area (Å²) in [5.41, 5.74) is 7.09. The Hall–Kier alpha value is -1.33. The van der Waals surface area contributed by atoms with Crippen LogP contribution in [0.3, 0.4) is 0 Å². The Bertz CT molecular complexity index is 475. The smallest absolute Gasteiger partial charge is 0.147 e. The Balaban J connectivity index is 2.34. The van der Waals surface area contributed by atoms with Gasteiger partial charge >= 0.3 is 0 Å². The number of halogens is 1. The van der Waals surface area contributed by atoms with Crippen LogP contribution >= 0.6 is 11.3 Å². The van der Waals surface area contributed by atoms with Crippen LogP contribution in [-0.4, -0.2) is 16.7 Å². The third kappa shape index (κ3) is 2.43. The summed E-state index contributed by atoms with van der Waals surface area (Å²) in [5.74, 6) is -0.245. The highest BCUT2D eigenvalue weighted by Crippen LogP contribution is 2.25. The van der Waals surface area contributed by atoms with Crippen molar-refractivity contribution in [3.05, 3.63) is 34.6 Å². The van der Waals surface area contributed by atoms with Gasteiger partial charge in [0.05, 0.1) is 0 Å². The third-order valence-electron chi connectivity index (χ3n) is 2.11. The topological polar surface area (TPSA) is 51.8 Å². The minimum Gasteiger partial charge on any atom is -0.330 e. The number of hydrogen-bond acceptors (Lipinski definition) is 4. The number of aryl methyl sites for hydroxylation is 1. The summed E-state index contributed by atoms with van der Waals surface area (Å²) in [4.78, 5) is 0. The molecule has 0 fully saturated rings. The molecule has 0 saturated heterocycles. The number of hydrogen-bond donors (Lipinski definition) is 1. The molecular weight excluding hydrogens is 225 g/mol. The first-order valence-electron chi connectivity index (χ1n) is 4.99. The summed E-state index contributed by atoms with van der Waals surface area (Å²) in [6, 6.07) is 4.86. The molecule has 0 atom stereocenters. The van der Waals surface area contributed by atoms with Gasteiger partial charge in [-0.15, -0.1) is 10.2 Å². The summed E-state index contributed by atoms with van der Waals surface area (Å²) in [7, 11) is 0. The summed E-state index contributed by atoms with van der Waals surface area (Å²) in [5, 5.41) is 9.67. The Morgan fingerprint density at radius 2 is 2.12 bits per heavy atom. The molecule has 0 aliphatic heterocycles. The lowest BCUT2D eigenvalue weighted by atomic mass is 10.1. The van der Waals surface area contributed by atoms with E-state index in [0.717, 1.165) is 21.1 Å². The van der Waals surface area contributed by atoms with E-state index in [4.69, 9.17) is 5.73 Å². The average Bonchev–Trinajstić information content (AvgIpc) is 2.65. The first-order valence-corrected chi connectivity index (χ1v) is 5.80. The Kier molecular flexibility index (Phi) is 3.26. The van der Waals surface area contributed by atoms with Gasteiger partial charge in [-0.05, 0) is 37.2 Å². The molecule has 2 N–H and O–H groups in total. The van der Waals surface area contributed by atoms with Crippen LogP contribution in [0.1, 0.15) is 10.6 Å². The van der Waals surface area contributed by atoms with E-state index in [1.807, 2.05) is 13.0 Å². The van der Waals surface area contributed by atoms with Crippen LogP contribution in [0.25, 0.3) is 10.6 Å². The van der Waals surface area contributed by atoms with Crippen LogP contribution in [0.4, 0.5) is 4.39 Å². The molecule has 0 aliphatic rings. The Labute approximate surface area is 97.1 Å². The number of benzene rings is 1. The highest BCUT2D eigenvalue weighted by Gasteiger charge is 2.07. The Morgan fingerprint density at radius 1 is 1.31 bits per heavy atom. The molecule has 0 amide bonds. The molecule has 2 aromatic rings. The van der Waals surface area contributed by atoms with Crippen molar-refractivity contribution in [3.8, 4) is 10.6 Å². The number of nitrogens with two attached hydrogens (primary N) is 1. The van der Waals surface area contributed by atoms with Crippen molar-refractivity contribution in [2.75, 3.05) is 6.54 Å². The van der Waals surface area contributed by atoms with Gasteiger partial charge in [0.1, 0.15) is 15.8 Å². The van der Waals surface area contributed by atoms with E-state index in [-0.39, 0.29) is 5.82 Å². The van der Waals surface area contributed by atoms with Crippen LogP contribution in [0.15, 0.2) is 18.2 Å². The maximum Gasteiger partial charge on any atom is 0.147 e. The summed E-state index contributed by atoms with van der Waals surface area (Å²) >= 11 is 1.46. The average molecular weight is 237 g/mol. The third-order valence-corrected chi connectivity index (χ3v) is 3.15. The normalized spacial score (nSPS) is 10.7. The molecule has 84 valence electrons. The van der Waals surface area contributed by atoms with Crippen LogP contribution in [0.2, 0.25) is 0 Å². The molecule has 0 saturated carbocycles. The summed E-state index contributed by atoms with van der Waals surface area (Å²) < 4.78 is 13.2. The van der Waals surface area contributed by atoms with Gasteiger partial charge in [-0.2, -0.15) is 0 Å². The molecule has 0 unspecified atom stereocenters. The zero-order valence-corrected chi connectivity index (χ0v) is 9.72. The van der Waals surface area contributed by atoms with E-state index in [9.17, 15) is 4.39 Å². The first kappa shape index (κ1) is 11.2. The lowest BCUT2D eigenvalue weighted by Gasteiger charge is -1.98. The maximum absolute atomic E-state index is 13.2. The fraction of sp³-hybridized carbons (Fsp3) is 0.273. The second kappa shape index (κ2) is 4.67. The van der Waals surface area contributed by atoms with Crippen molar-refractivity contribution >= 4 is 11.3 Å². The van der Waals surface area contributed by atoms with Crippen LogP contribution in [0, 0.1) is 12.7 Å². The van der Waals surface area contributed by atoms with Gasteiger partial charge in [0, 0.05) is 12.0 Å². The lowest BCUT2D eigenvalue weighted by molar-refractivity contribution is 0.627. The molecule has 1 aromatic heterocycles. The first-order chi connectivity index (χ1) is 7.69. The fourth-order valence-electron chi connectivity index (χ4n) is 1.45. The molecule has 1 aromatic carbocycles. The van der Waals surface area contributed by atoms with Crippen molar-refractivity contribution in [3.63, 3.8) is 0 Å². The quantitative estimate of drug-likeness (QED) is 0.890. The predicted octanol–water partition coefficient (Wildman–Crippen LogP) is 2.15. The molecule has 0 spiro atoms. The molecule has 0 radical (unpaired) electrons.